The average Bonchev–Trinajstić information content (AvgIpc) is 2.51. The molecule has 3 heteroatoms. The number of hydrogen-bond acceptors (Lipinski definition) is 2. The van der Waals surface area contributed by atoms with Crippen LogP contribution in [0.5, 0.6) is 0 Å². The minimum atomic E-state index is 0. The number of likely N-dealkylation sites (N-methyl/N-ethyl adjacent to an activating group) is 1. The summed E-state index contributed by atoms with van der Waals surface area (Å²) in [5.74, 6) is 0.909. The summed E-state index contributed by atoms with van der Waals surface area (Å²) in [5, 5.41) is 0. The van der Waals surface area contributed by atoms with Crippen molar-refractivity contribution < 1.29 is 21.1 Å². The molecule has 0 amide bonds. The van der Waals surface area contributed by atoms with Gasteiger partial charge in [-0.25, -0.2) is 0 Å². The van der Waals surface area contributed by atoms with Gasteiger partial charge < -0.3 is 16.7 Å². The Labute approximate surface area is 111 Å². The molecule has 0 saturated carbocycles. The third-order valence-corrected chi connectivity index (χ3v) is 3.13. The van der Waals surface area contributed by atoms with Crippen molar-refractivity contribution in [1.82, 2.24) is 9.80 Å². The molecule has 0 aliphatic carbocycles. The second kappa shape index (κ2) is 8.73. The molecule has 2 heterocycles. The van der Waals surface area contributed by atoms with E-state index in [-0.39, 0.29) is 28.5 Å². The van der Waals surface area contributed by atoms with Crippen LogP contribution in [0.25, 0.3) is 0 Å². The minimum absolute atomic E-state index is 0. The fraction of sp³-hybridized carbons (Fsp3) is 0.833. The van der Waals surface area contributed by atoms with Crippen molar-refractivity contribution in [3.8, 4) is 0 Å². The molecule has 2 aliphatic heterocycles. The predicted molar refractivity (Wildman–Crippen MR) is 63.8 cm³/mol. The van der Waals surface area contributed by atoms with Gasteiger partial charge in [-0.15, -0.1) is 0 Å². The second-order valence-electron chi connectivity index (χ2n) is 3.99. The van der Waals surface area contributed by atoms with Crippen LogP contribution in [0.1, 0.15) is 27.2 Å². The molecule has 90 valence electrons. The Kier molecular flexibility index (Phi) is 10.5. The normalized spacial score (nSPS) is 30.4. The molecule has 2 fully saturated rings. The fourth-order valence-electron chi connectivity index (χ4n) is 2.49. The van der Waals surface area contributed by atoms with Crippen molar-refractivity contribution in [3.05, 3.63) is 14.0 Å². The van der Waals surface area contributed by atoms with Crippen LogP contribution in [-0.2, 0) is 21.1 Å². The van der Waals surface area contributed by atoms with Gasteiger partial charge in [0, 0.05) is 6.04 Å². The summed E-state index contributed by atoms with van der Waals surface area (Å²) in [5.41, 5.74) is 0. The van der Waals surface area contributed by atoms with Crippen molar-refractivity contribution >= 4 is 0 Å². The molecule has 0 aromatic rings. The van der Waals surface area contributed by atoms with Crippen LogP contribution in [0.4, 0.5) is 0 Å². The molecule has 0 bridgehead atoms. The van der Waals surface area contributed by atoms with Gasteiger partial charge in [0.25, 0.3) is 0 Å². The first-order valence-electron chi connectivity index (χ1n) is 5.24. The van der Waals surface area contributed by atoms with Crippen LogP contribution in [-0.4, -0.2) is 42.5 Å². The summed E-state index contributed by atoms with van der Waals surface area (Å²) in [6.45, 7) is 8.69. The van der Waals surface area contributed by atoms with Crippen molar-refractivity contribution in [2.24, 2.45) is 5.92 Å². The summed E-state index contributed by atoms with van der Waals surface area (Å²) < 4.78 is 0. The topological polar surface area (TPSA) is 6.48 Å². The van der Waals surface area contributed by atoms with E-state index < -0.39 is 0 Å². The number of fused-ring (bicyclic) bond motifs is 1. The van der Waals surface area contributed by atoms with E-state index in [1.165, 1.54) is 32.5 Å². The summed E-state index contributed by atoms with van der Waals surface area (Å²) in [4.78, 5) is 4.72. The number of piperidine rings is 1. The van der Waals surface area contributed by atoms with E-state index in [2.05, 4.69) is 30.8 Å². The van der Waals surface area contributed by atoms with E-state index >= 15 is 0 Å². The summed E-state index contributed by atoms with van der Waals surface area (Å²) in [6.07, 6.45) is 2.80. The summed E-state index contributed by atoms with van der Waals surface area (Å²) in [7, 11) is 6.25. The molecule has 0 spiro atoms. The summed E-state index contributed by atoms with van der Waals surface area (Å²) >= 11 is 0. The molecule has 0 N–H and O–H groups in total. The van der Waals surface area contributed by atoms with E-state index in [0.717, 1.165) is 12.0 Å². The molecule has 0 aromatic heterocycles. The van der Waals surface area contributed by atoms with E-state index in [1.807, 2.05) is 0 Å². The Morgan fingerprint density at radius 3 is 2.33 bits per heavy atom. The van der Waals surface area contributed by atoms with Gasteiger partial charge in [-0.3, -0.25) is 7.05 Å². The van der Waals surface area contributed by atoms with Gasteiger partial charge in [0.05, 0.1) is 0 Å². The van der Waals surface area contributed by atoms with Gasteiger partial charge in [-0.1, -0.05) is 7.43 Å². The van der Waals surface area contributed by atoms with Crippen molar-refractivity contribution in [1.29, 1.82) is 0 Å². The molecule has 2 nitrogen and oxygen atoms in total. The molecule has 2 aliphatic rings. The largest absolute Gasteiger partial charge is 2.00 e. The maximum atomic E-state index is 4.00. The van der Waals surface area contributed by atoms with Gasteiger partial charge in [-0.05, 0) is 45.4 Å². The third kappa shape index (κ3) is 4.54. The number of hydrogen-bond donors (Lipinski definition) is 0. The standard InChI is InChI=1S/C9H17N2.C2H5.CH4.W/c1-10-6-8-4-3-5-11(2)9(8)7-10;1-2;;/h8-9H,1,3-7H2,2H3;1H2,2H3;1H4;/q2*-1;;+2/t8-,9+;;;/m0.../s1. The Morgan fingerprint density at radius 1 is 1.20 bits per heavy atom. The average molecular weight is 382 g/mol. The molecular weight excluding hydrogens is 356 g/mol. The number of nitrogens with zero attached hydrogens (tertiary/aromatic N) is 2. The molecule has 2 atom stereocenters. The van der Waals surface area contributed by atoms with Crippen LogP contribution in [0, 0.1) is 19.9 Å². The van der Waals surface area contributed by atoms with E-state index in [4.69, 9.17) is 0 Å². The third-order valence-electron chi connectivity index (χ3n) is 3.13. The SMILES string of the molecule is C.[CH2-]C.[CH2-]N1C[C@@H]2CCCN(C)[C@@H]2C1.[W+2]. The van der Waals surface area contributed by atoms with Crippen LogP contribution >= 0.6 is 0 Å². The molecular formula is C12H26N2W. The first-order chi connectivity index (χ1) is 6.27. The monoisotopic (exact) mass is 382 g/mol. The van der Waals surface area contributed by atoms with Crippen molar-refractivity contribution in [2.75, 3.05) is 26.7 Å². The quantitative estimate of drug-likeness (QED) is 0.594. The van der Waals surface area contributed by atoms with E-state index in [9.17, 15) is 0 Å². The number of rotatable bonds is 0. The smallest absolute Gasteiger partial charge is 0.458 e. The van der Waals surface area contributed by atoms with Crippen LogP contribution in [0.2, 0.25) is 0 Å². The fourth-order valence-corrected chi connectivity index (χ4v) is 2.49. The van der Waals surface area contributed by atoms with E-state index in [0.29, 0.717) is 0 Å². The maximum absolute atomic E-state index is 4.00. The molecule has 0 radical (unpaired) electrons. The maximum Gasteiger partial charge on any atom is 2.00 e. The zero-order valence-corrected chi connectivity index (χ0v) is 12.3. The van der Waals surface area contributed by atoms with Gasteiger partial charge in [0.1, 0.15) is 0 Å². The van der Waals surface area contributed by atoms with Gasteiger partial charge in [-0.2, -0.15) is 6.92 Å². The molecule has 0 unspecified atom stereocenters. The molecule has 2 saturated heterocycles. The minimum Gasteiger partial charge on any atom is -0.458 e. The second-order valence-corrected chi connectivity index (χ2v) is 3.99. The molecule has 2 rings (SSSR count). The molecule has 15 heavy (non-hydrogen) atoms. The van der Waals surface area contributed by atoms with Crippen molar-refractivity contribution in [2.45, 2.75) is 33.2 Å². The Bertz CT molecular complexity index is 153. The number of likely N-dealkylation sites (tertiary alicyclic amines) is 2. The first-order valence-corrected chi connectivity index (χ1v) is 5.24. The van der Waals surface area contributed by atoms with Gasteiger partial charge in [0.2, 0.25) is 0 Å². The van der Waals surface area contributed by atoms with Gasteiger partial charge >= 0.3 is 21.1 Å². The zero-order chi connectivity index (χ0) is 9.84. The van der Waals surface area contributed by atoms with Crippen LogP contribution in [0.3, 0.4) is 0 Å². The Morgan fingerprint density at radius 2 is 1.80 bits per heavy atom. The first kappa shape index (κ1) is 18.0. The summed E-state index contributed by atoms with van der Waals surface area (Å²) in [6, 6.07) is 0.807. The predicted octanol–water partition coefficient (Wildman–Crippen LogP) is 2.28. The van der Waals surface area contributed by atoms with Gasteiger partial charge in [0.15, 0.2) is 0 Å². The Balaban J connectivity index is 0. The van der Waals surface area contributed by atoms with Crippen LogP contribution < -0.4 is 0 Å². The van der Waals surface area contributed by atoms with Crippen molar-refractivity contribution in [3.63, 3.8) is 0 Å². The zero-order valence-electron chi connectivity index (χ0n) is 9.41. The molecule has 0 aromatic carbocycles. The Hall–Kier alpha value is 0.608. The van der Waals surface area contributed by atoms with Crippen LogP contribution in [0.15, 0.2) is 0 Å². The van der Waals surface area contributed by atoms with E-state index in [1.54, 1.807) is 6.92 Å².